The smallest absolute Gasteiger partial charge is 0.0991 e. The Morgan fingerprint density at radius 2 is 2.20 bits per heavy atom. The summed E-state index contributed by atoms with van der Waals surface area (Å²) < 4.78 is 10.1. The first-order chi connectivity index (χ1) is 9.65. The lowest BCUT2D eigenvalue weighted by Gasteiger charge is -2.20. The fourth-order valence-corrected chi connectivity index (χ4v) is 1.89. The molecule has 1 atom stereocenters. The SMILES string of the molecule is COCCOCC(O)CN(C)Cc1cccc(C#N)c1. The van der Waals surface area contributed by atoms with Gasteiger partial charge < -0.3 is 14.6 Å². The zero-order chi connectivity index (χ0) is 14.8. The monoisotopic (exact) mass is 278 g/mol. The average molecular weight is 278 g/mol. The van der Waals surface area contributed by atoms with Crippen molar-refractivity contribution >= 4 is 0 Å². The van der Waals surface area contributed by atoms with Gasteiger partial charge in [0.2, 0.25) is 0 Å². The van der Waals surface area contributed by atoms with Crippen molar-refractivity contribution in [1.29, 1.82) is 5.26 Å². The number of nitrogens with zero attached hydrogens (tertiary/aromatic N) is 2. The number of hydrogen-bond acceptors (Lipinski definition) is 5. The van der Waals surface area contributed by atoms with Crippen LogP contribution in [0.15, 0.2) is 24.3 Å². The Labute approximate surface area is 120 Å². The van der Waals surface area contributed by atoms with E-state index in [4.69, 9.17) is 14.7 Å². The van der Waals surface area contributed by atoms with E-state index in [0.717, 1.165) is 5.56 Å². The first-order valence-corrected chi connectivity index (χ1v) is 6.58. The molecular formula is C15H22N2O3. The third-order valence-electron chi connectivity index (χ3n) is 2.77. The molecule has 0 heterocycles. The minimum Gasteiger partial charge on any atom is -0.389 e. The summed E-state index contributed by atoms with van der Waals surface area (Å²) in [6.07, 6.45) is -0.531. The van der Waals surface area contributed by atoms with Crippen molar-refractivity contribution < 1.29 is 14.6 Å². The minimum atomic E-state index is -0.531. The van der Waals surface area contributed by atoms with Crippen molar-refractivity contribution in [3.63, 3.8) is 0 Å². The molecule has 0 radical (unpaired) electrons. The molecule has 1 N–H and O–H groups in total. The van der Waals surface area contributed by atoms with Gasteiger partial charge in [-0.15, -0.1) is 0 Å². The third kappa shape index (κ3) is 6.64. The first-order valence-electron chi connectivity index (χ1n) is 6.58. The highest BCUT2D eigenvalue weighted by Gasteiger charge is 2.09. The third-order valence-corrected chi connectivity index (χ3v) is 2.77. The molecule has 1 aromatic carbocycles. The molecule has 0 aromatic heterocycles. The summed E-state index contributed by atoms with van der Waals surface area (Å²) in [5, 5.41) is 18.7. The van der Waals surface area contributed by atoms with Gasteiger partial charge in [-0.1, -0.05) is 12.1 Å². The maximum Gasteiger partial charge on any atom is 0.0991 e. The maximum atomic E-state index is 9.84. The van der Waals surface area contributed by atoms with E-state index in [1.165, 1.54) is 0 Å². The molecule has 0 saturated heterocycles. The molecule has 1 aromatic rings. The lowest BCUT2D eigenvalue weighted by Crippen LogP contribution is -2.32. The molecule has 1 rings (SSSR count). The maximum absolute atomic E-state index is 9.84. The summed E-state index contributed by atoms with van der Waals surface area (Å²) in [5.74, 6) is 0. The van der Waals surface area contributed by atoms with Gasteiger partial charge >= 0.3 is 0 Å². The van der Waals surface area contributed by atoms with E-state index in [1.807, 2.05) is 30.1 Å². The van der Waals surface area contributed by atoms with Crippen LogP contribution >= 0.6 is 0 Å². The predicted octanol–water partition coefficient (Wildman–Crippen LogP) is 1.01. The van der Waals surface area contributed by atoms with Crippen molar-refractivity contribution in [3.8, 4) is 6.07 Å². The van der Waals surface area contributed by atoms with Crippen LogP contribution in [0.2, 0.25) is 0 Å². The van der Waals surface area contributed by atoms with Crippen LogP contribution in [0.1, 0.15) is 11.1 Å². The Kier molecular flexibility index (Phi) is 7.85. The molecule has 5 nitrogen and oxygen atoms in total. The van der Waals surface area contributed by atoms with Crippen molar-refractivity contribution in [2.24, 2.45) is 0 Å². The molecule has 5 heteroatoms. The van der Waals surface area contributed by atoms with Gasteiger partial charge in [-0.25, -0.2) is 0 Å². The number of aliphatic hydroxyl groups excluding tert-OH is 1. The summed E-state index contributed by atoms with van der Waals surface area (Å²) in [7, 11) is 3.54. The van der Waals surface area contributed by atoms with Crippen LogP contribution in [0.3, 0.4) is 0 Å². The highest BCUT2D eigenvalue weighted by molar-refractivity contribution is 5.32. The van der Waals surface area contributed by atoms with Gasteiger partial charge in [0.1, 0.15) is 0 Å². The van der Waals surface area contributed by atoms with Crippen LogP contribution in [0, 0.1) is 11.3 Å². The number of benzene rings is 1. The van der Waals surface area contributed by atoms with E-state index >= 15 is 0 Å². The van der Waals surface area contributed by atoms with Crippen molar-refractivity contribution in [3.05, 3.63) is 35.4 Å². The number of nitriles is 1. The second-order valence-electron chi connectivity index (χ2n) is 4.73. The van der Waals surface area contributed by atoms with Crippen molar-refractivity contribution in [2.45, 2.75) is 12.6 Å². The highest BCUT2D eigenvalue weighted by atomic mass is 16.5. The van der Waals surface area contributed by atoms with E-state index < -0.39 is 6.10 Å². The quantitative estimate of drug-likeness (QED) is 0.683. The van der Waals surface area contributed by atoms with E-state index in [1.54, 1.807) is 13.2 Å². The lowest BCUT2D eigenvalue weighted by molar-refractivity contribution is 0.00161. The molecule has 0 aliphatic heterocycles. The number of likely N-dealkylation sites (N-methyl/N-ethyl adjacent to an activating group) is 1. The van der Waals surface area contributed by atoms with Crippen molar-refractivity contribution in [2.75, 3.05) is 40.5 Å². The van der Waals surface area contributed by atoms with Gasteiger partial charge in [-0.3, -0.25) is 4.90 Å². The molecule has 0 fully saturated rings. The molecular weight excluding hydrogens is 256 g/mol. The van der Waals surface area contributed by atoms with Gasteiger partial charge in [0.05, 0.1) is 37.6 Å². The molecule has 1 unspecified atom stereocenters. The second kappa shape index (κ2) is 9.45. The van der Waals surface area contributed by atoms with Gasteiger partial charge in [0.15, 0.2) is 0 Å². The van der Waals surface area contributed by atoms with Crippen LogP contribution in [-0.2, 0) is 16.0 Å². The number of hydrogen-bond donors (Lipinski definition) is 1. The summed E-state index contributed by atoms with van der Waals surface area (Å²) >= 11 is 0. The normalized spacial score (nSPS) is 12.3. The zero-order valence-electron chi connectivity index (χ0n) is 12.1. The molecule has 0 aliphatic carbocycles. The number of methoxy groups -OCH3 is 1. The second-order valence-corrected chi connectivity index (χ2v) is 4.73. The predicted molar refractivity (Wildman–Crippen MR) is 76.2 cm³/mol. The van der Waals surface area contributed by atoms with Crippen LogP contribution in [-0.4, -0.2) is 56.6 Å². The van der Waals surface area contributed by atoms with Crippen molar-refractivity contribution in [1.82, 2.24) is 4.90 Å². The van der Waals surface area contributed by atoms with Gasteiger partial charge in [-0.05, 0) is 24.7 Å². The summed E-state index contributed by atoms with van der Waals surface area (Å²) in [6.45, 7) is 2.52. The first kappa shape index (κ1) is 16.6. The van der Waals surface area contributed by atoms with Gasteiger partial charge in [-0.2, -0.15) is 5.26 Å². The Morgan fingerprint density at radius 3 is 2.90 bits per heavy atom. The van der Waals surface area contributed by atoms with Gasteiger partial charge in [0.25, 0.3) is 0 Å². The highest BCUT2D eigenvalue weighted by Crippen LogP contribution is 2.07. The zero-order valence-corrected chi connectivity index (χ0v) is 12.1. The van der Waals surface area contributed by atoms with Crippen LogP contribution < -0.4 is 0 Å². The Bertz CT molecular complexity index is 431. The molecule has 20 heavy (non-hydrogen) atoms. The topological polar surface area (TPSA) is 65.7 Å². The van der Waals surface area contributed by atoms with Gasteiger partial charge in [0, 0.05) is 20.2 Å². The Hall–Kier alpha value is -1.45. The number of aliphatic hydroxyl groups is 1. The van der Waals surface area contributed by atoms with Crippen LogP contribution in [0.25, 0.3) is 0 Å². The van der Waals surface area contributed by atoms with E-state index in [9.17, 15) is 5.11 Å². The molecule has 0 amide bonds. The lowest BCUT2D eigenvalue weighted by atomic mass is 10.1. The molecule has 0 spiro atoms. The largest absolute Gasteiger partial charge is 0.389 e. The molecule has 0 saturated carbocycles. The van der Waals surface area contributed by atoms with E-state index in [2.05, 4.69) is 6.07 Å². The fraction of sp³-hybridized carbons (Fsp3) is 0.533. The molecule has 110 valence electrons. The van der Waals surface area contributed by atoms with Crippen LogP contribution in [0.5, 0.6) is 0 Å². The summed E-state index contributed by atoms with van der Waals surface area (Å²) in [4.78, 5) is 2.00. The minimum absolute atomic E-state index is 0.298. The standard InChI is InChI=1S/C15H22N2O3/c1-17(11-15(18)12-20-7-6-19-2)10-14-5-3-4-13(8-14)9-16/h3-5,8,15,18H,6-7,10-12H2,1-2H3. The van der Waals surface area contributed by atoms with Crippen LogP contribution in [0.4, 0.5) is 0 Å². The van der Waals surface area contributed by atoms with E-state index in [-0.39, 0.29) is 0 Å². The average Bonchev–Trinajstić information content (AvgIpc) is 2.43. The Morgan fingerprint density at radius 1 is 1.40 bits per heavy atom. The molecule has 0 bridgehead atoms. The summed E-state index contributed by atoms with van der Waals surface area (Å²) in [6, 6.07) is 9.60. The van der Waals surface area contributed by atoms with E-state index in [0.29, 0.717) is 38.5 Å². The number of rotatable bonds is 9. The number of ether oxygens (including phenoxy) is 2. The molecule has 0 aliphatic rings. The fourth-order valence-electron chi connectivity index (χ4n) is 1.89. The Balaban J connectivity index is 2.31. The summed E-state index contributed by atoms with van der Waals surface area (Å²) in [5.41, 5.74) is 1.71.